The van der Waals surface area contributed by atoms with Crippen LogP contribution in [0.4, 0.5) is 0 Å². The van der Waals surface area contributed by atoms with E-state index in [-0.39, 0.29) is 6.10 Å². The molecule has 0 spiro atoms. The van der Waals surface area contributed by atoms with E-state index >= 15 is 0 Å². The fourth-order valence-electron chi connectivity index (χ4n) is 3.45. The van der Waals surface area contributed by atoms with Crippen LogP contribution >= 0.6 is 0 Å². The van der Waals surface area contributed by atoms with Gasteiger partial charge in [0.25, 0.3) is 0 Å². The van der Waals surface area contributed by atoms with Gasteiger partial charge >= 0.3 is 0 Å². The molecule has 1 atom stereocenters. The van der Waals surface area contributed by atoms with Gasteiger partial charge < -0.3 is 4.74 Å². The predicted molar refractivity (Wildman–Crippen MR) is 91.2 cm³/mol. The van der Waals surface area contributed by atoms with Crippen LogP contribution in [0.15, 0.2) is 73.3 Å². The third-order valence-electron chi connectivity index (χ3n) is 4.42. The second-order valence-electron chi connectivity index (χ2n) is 5.74. The molecule has 4 rings (SSSR count). The fourth-order valence-corrected chi connectivity index (χ4v) is 3.45. The van der Waals surface area contributed by atoms with E-state index in [4.69, 9.17) is 4.74 Å². The summed E-state index contributed by atoms with van der Waals surface area (Å²) in [6, 6.07) is 21.6. The Morgan fingerprint density at radius 2 is 1.77 bits per heavy atom. The molecule has 3 aromatic carbocycles. The van der Waals surface area contributed by atoms with Gasteiger partial charge in [0, 0.05) is 0 Å². The second kappa shape index (κ2) is 5.43. The minimum Gasteiger partial charge on any atom is -0.365 e. The smallest absolute Gasteiger partial charge is 0.109 e. The van der Waals surface area contributed by atoms with E-state index in [0.29, 0.717) is 6.61 Å². The van der Waals surface area contributed by atoms with Gasteiger partial charge in [0.05, 0.1) is 6.61 Å². The van der Waals surface area contributed by atoms with Crippen molar-refractivity contribution in [2.45, 2.75) is 12.5 Å². The molecule has 0 N–H and O–H groups in total. The summed E-state index contributed by atoms with van der Waals surface area (Å²) < 4.78 is 6.18. The van der Waals surface area contributed by atoms with Crippen LogP contribution in [0.3, 0.4) is 0 Å². The number of hydrogen-bond acceptors (Lipinski definition) is 1. The van der Waals surface area contributed by atoms with E-state index < -0.39 is 0 Å². The second-order valence-corrected chi connectivity index (χ2v) is 5.74. The highest BCUT2D eigenvalue weighted by Crippen LogP contribution is 2.41. The van der Waals surface area contributed by atoms with Gasteiger partial charge in [-0.25, -0.2) is 0 Å². The van der Waals surface area contributed by atoms with Crippen LogP contribution in [0.25, 0.3) is 10.8 Å². The molecule has 1 heteroatoms. The number of fused-ring (bicyclic) bond motifs is 4. The zero-order valence-corrected chi connectivity index (χ0v) is 12.5. The standard InChI is InChI=1S/C21H18O/c1-2-13-22-21-19-10-6-4-8-16(19)14-17-12-11-15-7-3-5-9-18(15)20(17)21/h2-12,21H,1,13-14H2. The number of ether oxygens (including phenoxy) is 1. The average molecular weight is 286 g/mol. The summed E-state index contributed by atoms with van der Waals surface area (Å²) in [5.41, 5.74) is 5.33. The molecule has 0 saturated heterocycles. The molecule has 0 fully saturated rings. The maximum absolute atomic E-state index is 6.18. The summed E-state index contributed by atoms with van der Waals surface area (Å²) in [7, 11) is 0. The molecule has 1 unspecified atom stereocenters. The van der Waals surface area contributed by atoms with Crippen molar-refractivity contribution in [1.82, 2.24) is 0 Å². The zero-order valence-electron chi connectivity index (χ0n) is 12.5. The summed E-state index contributed by atoms with van der Waals surface area (Å²) in [5.74, 6) is 0. The van der Waals surface area contributed by atoms with Gasteiger partial charge in [-0.1, -0.05) is 66.7 Å². The molecule has 3 aromatic rings. The largest absolute Gasteiger partial charge is 0.365 e. The SMILES string of the molecule is C=CCOC1c2ccccc2Cc2ccc3ccccc3c21. The van der Waals surface area contributed by atoms with Crippen molar-refractivity contribution < 1.29 is 4.74 Å². The molecule has 0 amide bonds. The average Bonchev–Trinajstić information content (AvgIpc) is 2.58. The molecule has 0 heterocycles. The Morgan fingerprint density at radius 1 is 0.955 bits per heavy atom. The van der Waals surface area contributed by atoms with Crippen molar-refractivity contribution in [2.75, 3.05) is 6.61 Å². The van der Waals surface area contributed by atoms with E-state index in [1.54, 1.807) is 0 Å². The Morgan fingerprint density at radius 3 is 2.68 bits per heavy atom. The highest BCUT2D eigenvalue weighted by atomic mass is 16.5. The van der Waals surface area contributed by atoms with Gasteiger partial charge in [-0.3, -0.25) is 0 Å². The minimum atomic E-state index is -0.0101. The fraction of sp³-hybridized carbons (Fsp3) is 0.143. The van der Waals surface area contributed by atoms with Gasteiger partial charge in [0.2, 0.25) is 0 Å². The molecular weight excluding hydrogens is 268 g/mol. The predicted octanol–water partition coefficient (Wildman–Crippen LogP) is 5.04. The third-order valence-corrected chi connectivity index (χ3v) is 4.42. The molecule has 1 nitrogen and oxygen atoms in total. The van der Waals surface area contributed by atoms with Crippen molar-refractivity contribution in [2.24, 2.45) is 0 Å². The number of rotatable bonds is 3. The van der Waals surface area contributed by atoms with Crippen molar-refractivity contribution in [3.8, 4) is 0 Å². The van der Waals surface area contributed by atoms with Crippen LogP contribution in [-0.4, -0.2) is 6.61 Å². The molecular formula is C21H18O. The zero-order chi connectivity index (χ0) is 14.9. The molecule has 0 aromatic heterocycles. The molecule has 0 saturated carbocycles. The van der Waals surface area contributed by atoms with Gasteiger partial charge in [-0.05, 0) is 39.4 Å². The minimum absolute atomic E-state index is 0.0101. The first-order valence-corrected chi connectivity index (χ1v) is 7.69. The normalized spacial score (nSPS) is 16.1. The van der Waals surface area contributed by atoms with Crippen LogP contribution in [0.1, 0.15) is 28.4 Å². The van der Waals surface area contributed by atoms with Crippen molar-refractivity contribution >= 4 is 10.8 Å². The summed E-state index contributed by atoms with van der Waals surface area (Å²) in [6.07, 6.45) is 2.79. The van der Waals surface area contributed by atoms with Crippen LogP contribution in [0, 0.1) is 0 Å². The molecule has 0 bridgehead atoms. The molecule has 1 aliphatic rings. The Kier molecular flexibility index (Phi) is 3.28. The van der Waals surface area contributed by atoms with E-state index in [2.05, 4.69) is 67.2 Å². The summed E-state index contributed by atoms with van der Waals surface area (Å²) in [6.45, 7) is 4.35. The van der Waals surface area contributed by atoms with Gasteiger partial charge in [-0.2, -0.15) is 0 Å². The molecule has 0 aliphatic heterocycles. The lowest BCUT2D eigenvalue weighted by molar-refractivity contribution is 0.103. The van der Waals surface area contributed by atoms with E-state index in [1.165, 1.54) is 33.0 Å². The first kappa shape index (κ1) is 13.3. The van der Waals surface area contributed by atoms with Crippen LogP contribution in [0.5, 0.6) is 0 Å². The summed E-state index contributed by atoms with van der Waals surface area (Å²) in [4.78, 5) is 0. The topological polar surface area (TPSA) is 9.23 Å². The lowest BCUT2D eigenvalue weighted by atomic mass is 9.81. The Bertz CT molecular complexity index is 847. The molecule has 22 heavy (non-hydrogen) atoms. The monoisotopic (exact) mass is 286 g/mol. The van der Waals surface area contributed by atoms with E-state index in [0.717, 1.165) is 6.42 Å². The number of benzene rings is 3. The first-order chi connectivity index (χ1) is 10.9. The van der Waals surface area contributed by atoms with Gasteiger partial charge in [0.15, 0.2) is 0 Å². The highest BCUT2D eigenvalue weighted by Gasteiger charge is 2.27. The maximum Gasteiger partial charge on any atom is 0.109 e. The summed E-state index contributed by atoms with van der Waals surface area (Å²) >= 11 is 0. The highest BCUT2D eigenvalue weighted by molar-refractivity contribution is 5.88. The Hall–Kier alpha value is -2.38. The Labute approximate surface area is 130 Å². The van der Waals surface area contributed by atoms with Crippen molar-refractivity contribution in [3.05, 3.63) is 95.6 Å². The first-order valence-electron chi connectivity index (χ1n) is 7.69. The molecule has 0 radical (unpaired) electrons. The molecule has 1 aliphatic carbocycles. The molecule has 108 valence electrons. The quantitative estimate of drug-likeness (QED) is 0.613. The lowest BCUT2D eigenvalue weighted by Crippen LogP contribution is -2.17. The van der Waals surface area contributed by atoms with Crippen LogP contribution in [0.2, 0.25) is 0 Å². The Balaban J connectivity index is 1.96. The van der Waals surface area contributed by atoms with Gasteiger partial charge in [0.1, 0.15) is 6.10 Å². The van der Waals surface area contributed by atoms with E-state index in [1.807, 2.05) is 6.08 Å². The third kappa shape index (κ3) is 2.06. The maximum atomic E-state index is 6.18. The van der Waals surface area contributed by atoms with Crippen LogP contribution in [-0.2, 0) is 11.2 Å². The lowest BCUT2D eigenvalue weighted by Gasteiger charge is -2.29. The summed E-state index contributed by atoms with van der Waals surface area (Å²) in [5, 5.41) is 2.57. The van der Waals surface area contributed by atoms with Crippen LogP contribution < -0.4 is 0 Å². The number of hydrogen-bond donors (Lipinski definition) is 0. The van der Waals surface area contributed by atoms with E-state index in [9.17, 15) is 0 Å². The van der Waals surface area contributed by atoms with Crippen molar-refractivity contribution in [3.63, 3.8) is 0 Å². The van der Waals surface area contributed by atoms with Gasteiger partial charge in [-0.15, -0.1) is 6.58 Å². The van der Waals surface area contributed by atoms with Crippen molar-refractivity contribution in [1.29, 1.82) is 0 Å².